The molecule has 0 aliphatic carbocycles. The Balaban J connectivity index is 1.76. The monoisotopic (exact) mass is 379 g/mol. The number of amides is 1. The lowest BCUT2D eigenvalue weighted by Crippen LogP contribution is -2.13. The van der Waals surface area contributed by atoms with Gasteiger partial charge in [0.2, 0.25) is 0 Å². The van der Waals surface area contributed by atoms with Crippen molar-refractivity contribution in [3.63, 3.8) is 0 Å². The van der Waals surface area contributed by atoms with Gasteiger partial charge in [-0.25, -0.2) is 0 Å². The minimum Gasteiger partial charge on any atom is -0.496 e. The zero-order chi connectivity index (χ0) is 19.1. The molecule has 0 spiro atoms. The van der Waals surface area contributed by atoms with Crippen molar-refractivity contribution in [2.45, 2.75) is 11.5 Å². The van der Waals surface area contributed by atoms with E-state index in [4.69, 9.17) is 9.47 Å². The molecule has 0 unspecified atom stereocenters. The van der Waals surface area contributed by atoms with Crippen molar-refractivity contribution in [1.82, 2.24) is 0 Å². The van der Waals surface area contributed by atoms with E-state index in [0.717, 1.165) is 21.9 Å². The van der Waals surface area contributed by atoms with Gasteiger partial charge in [0.1, 0.15) is 18.1 Å². The van der Waals surface area contributed by atoms with E-state index in [1.165, 1.54) is 0 Å². The maximum absolute atomic E-state index is 12.6. The van der Waals surface area contributed by atoms with Gasteiger partial charge in [-0.2, -0.15) is 0 Å². The minimum atomic E-state index is -0.170. The second kappa shape index (κ2) is 9.14. The van der Waals surface area contributed by atoms with Gasteiger partial charge in [0.25, 0.3) is 5.91 Å². The Morgan fingerprint density at radius 2 is 1.81 bits per heavy atom. The number of rotatable bonds is 7. The van der Waals surface area contributed by atoms with Gasteiger partial charge in [-0.15, -0.1) is 11.8 Å². The molecular formula is C22H21NO3S. The topological polar surface area (TPSA) is 47.6 Å². The van der Waals surface area contributed by atoms with Gasteiger partial charge in [0.15, 0.2) is 0 Å². The summed E-state index contributed by atoms with van der Waals surface area (Å²) in [6, 6.07) is 22.6. The lowest BCUT2D eigenvalue weighted by atomic mass is 10.1. The molecule has 0 saturated carbocycles. The number of carbonyl (C=O) groups is 1. The smallest absolute Gasteiger partial charge is 0.255 e. The van der Waals surface area contributed by atoms with Crippen LogP contribution in [0, 0.1) is 0 Å². The molecule has 4 nitrogen and oxygen atoms in total. The van der Waals surface area contributed by atoms with Crippen molar-refractivity contribution >= 4 is 23.4 Å². The largest absolute Gasteiger partial charge is 0.496 e. The summed E-state index contributed by atoms with van der Waals surface area (Å²) in [5, 5.41) is 2.94. The summed E-state index contributed by atoms with van der Waals surface area (Å²) in [7, 11) is 1.61. The SMILES string of the molecule is COc1ccc(C(=O)Nc2cccc(SC)c2)cc1COc1ccccc1. The van der Waals surface area contributed by atoms with E-state index >= 15 is 0 Å². The Morgan fingerprint density at radius 1 is 1.00 bits per heavy atom. The summed E-state index contributed by atoms with van der Waals surface area (Å²) in [4.78, 5) is 13.7. The number of methoxy groups -OCH3 is 1. The van der Waals surface area contributed by atoms with Crippen molar-refractivity contribution in [2.75, 3.05) is 18.7 Å². The third-order valence-corrected chi connectivity index (χ3v) is 4.73. The van der Waals surface area contributed by atoms with E-state index in [-0.39, 0.29) is 5.91 Å². The molecule has 0 aromatic heterocycles. The third kappa shape index (κ3) is 5.05. The van der Waals surface area contributed by atoms with Gasteiger partial charge in [-0.3, -0.25) is 4.79 Å². The van der Waals surface area contributed by atoms with Crippen LogP contribution in [0.3, 0.4) is 0 Å². The number of hydrogen-bond donors (Lipinski definition) is 1. The van der Waals surface area contributed by atoms with E-state index in [0.29, 0.717) is 17.9 Å². The van der Waals surface area contributed by atoms with Crippen molar-refractivity contribution in [3.8, 4) is 11.5 Å². The highest BCUT2D eigenvalue weighted by Crippen LogP contribution is 2.24. The molecule has 27 heavy (non-hydrogen) atoms. The maximum Gasteiger partial charge on any atom is 0.255 e. The first-order valence-corrected chi connectivity index (χ1v) is 9.72. The van der Waals surface area contributed by atoms with Crippen LogP contribution in [-0.4, -0.2) is 19.3 Å². The number of ether oxygens (including phenoxy) is 2. The van der Waals surface area contributed by atoms with E-state index in [1.807, 2.05) is 60.9 Å². The van der Waals surface area contributed by atoms with Crippen LogP contribution >= 0.6 is 11.8 Å². The molecule has 0 bridgehead atoms. The lowest BCUT2D eigenvalue weighted by Gasteiger charge is -2.12. The lowest BCUT2D eigenvalue weighted by molar-refractivity contribution is 0.102. The van der Waals surface area contributed by atoms with Gasteiger partial charge in [-0.1, -0.05) is 24.3 Å². The molecule has 3 rings (SSSR count). The Bertz CT molecular complexity index is 912. The number of benzene rings is 3. The van der Waals surface area contributed by atoms with Gasteiger partial charge in [-0.05, 0) is 54.8 Å². The number of para-hydroxylation sites is 1. The highest BCUT2D eigenvalue weighted by Gasteiger charge is 2.11. The summed E-state index contributed by atoms with van der Waals surface area (Å²) in [6.07, 6.45) is 2.00. The molecule has 5 heteroatoms. The number of thioether (sulfide) groups is 1. The first-order valence-electron chi connectivity index (χ1n) is 8.50. The quantitative estimate of drug-likeness (QED) is 0.570. The highest BCUT2D eigenvalue weighted by atomic mass is 32.2. The van der Waals surface area contributed by atoms with E-state index in [9.17, 15) is 4.79 Å². The first kappa shape index (κ1) is 18.9. The molecule has 0 saturated heterocycles. The summed E-state index contributed by atoms with van der Waals surface area (Å²) >= 11 is 1.63. The average Bonchev–Trinajstić information content (AvgIpc) is 2.72. The molecule has 138 valence electrons. The van der Waals surface area contributed by atoms with E-state index in [2.05, 4.69) is 5.32 Å². The predicted octanol–water partition coefficient (Wildman–Crippen LogP) is 5.25. The van der Waals surface area contributed by atoms with Crippen LogP contribution in [0.25, 0.3) is 0 Å². The molecule has 1 amide bonds. The summed E-state index contributed by atoms with van der Waals surface area (Å²) < 4.78 is 11.2. The van der Waals surface area contributed by atoms with E-state index < -0.39 is 0 Å². The van der Waals surface area contributed by atoms with Crippen molar-refractivity contribution in [1.29, 1.82) is 0 Å². The number of nitrogens with one attached hydrogen (secondary N) is 1. The predicted molar refractivity (Wildman–Crippen MR) is 110 cm³/mol. The van der Waals surface area contributed by atoms with Crippen LogP contribution in [0.2, 0.25) is 0 Å². The third-order valence-electron chi connectivity index (χ3n) is 4.01. The molecule has 0 fully saturated rings. The van der Waals surface area contributed by atoms with Crippen LogP contribution in [0.4, 0.5) is 5.69 Å². The van der Waals surface area contributed by atoms with Crippen LogP contribution in [0.15, 0.2) is 77.7 Å². The van der Waals surface area contributed by atoms with Crippen LogP contribution in [0.5, 0.6) is 11.5 Å². The molecule has 0 heterocycles. The average molecular weight is 379 g/mol. The molecule has 1 N–H and O–H groups in total. The number of carbonyl (C=O) groups excluding carboxylic acids is 1. The summed E-state index contributed by atoms with van der Waals surface area (Å²) in [5.74, 6) is 1.28. The summed E-state index contributed by atoms with van der Waals surface area (Å²) in [5.41, 5.74) is 2.13. The second-order valence-electron chi connectivity index (χ2n) is 5.81. The summed E-state index contributed by atoms with van der Waals surface area (Å²) in [6.45, 7) is 0.316. The normalized spacial score (nSPS) is 10.3. The standard InChI is InChI=1S/C22H21NO3S/c1-25-21-12-11-16(13-17(21)15-26-19-8-4-3-5-9-19)22(24)23-18-7-6-10-20(14-18)27-2/h3-14H,15H2,1-2H3,(H,23,24). The Labute approximate surface area is 163 Å². The molecule has 0 aliphatic rings. The fourth-order valence-corrected chi connectivity index (χ4v) is 3.07. The molecule has 0 atom stereocenters. The minimum absolute atomic E-state index is 0.170. The van der Waals surface area contributed by atoms with Crippen molar-refractivity contribution < 1.29 is 14.3 Å². The van der Waals surface area contributed by atoms with Crippen molar-refractivity contribution in [2.24, 2.45) is 0 Å². The van der Waals surface area contributed by atoms with Gasteiger partial charge < -0.3 is 14.8 Å². The van der Waals surface area contributed by atoms with Gasteiger partial charge >= 0.3 is 0 Å². The molecule has 0 radical (unpaired) electrons. The van der Waals surface area contributed by atoms with Gasteiger partial charge in [0, 0.05) is 21.7 Å². The molecule has 0 aliphatic heterocycles. The van der Waals surface area contributed by atoms with E-state index in [1.54, 1.807) is 37.1 Å². The zero-order valence-corrected chi connectivity index (χ0v) is 16.1. The first-order chi connectivity index (χ1) is 13.2. The highest BCUT2D eigenvalue weighted by molar-refractivity contribution is 7.98. The Kier molecular flexibility index (Phi) is 6.39. The maximum atomic E-state index is 12.6. The number of hydrogen-bond acceptors (Lipinski definition) is 4. The molecule has 3 aromatic rings. The second-order valence-corrected chi connectivity index (χ2v) is 6.69. The zero-order valence-electron chi connectivity index (χ0n) is 15.3. The molecule has 3 aromatic carbocycles. The Morgan fingerprint density at radius 3 is 2.56 bits per heavy atom. The molecular weight excluding hydrogens is 358 g/mol. The van der Waals surface area contributed by atoms with Crippen LogP contribution < -0.4 is 14.8 Å². The Hall–Kier alpha value is -2.92. The van der Waals surface area contributed by atoms with Crippen LogP contribution in [0.1, 0.15) is 15.9 Å². The number of anilines is 1. The fraction of sp³-hybridized carbons (Fsp3) is 0.136. The fourth-order valence-electron chi connectivity index (χ4n) is 2.61. The van der Waals surface area contributed by atoms with Crippen molar-refractivity contribution in [3.05, 3.63) is 83.9 Å². The van der Waals surface area contributed by atoms with Crippen LogP contribution in [-0.2, 0) is 6.61 Å². The van der Waals surface area contributed by atoms with Gasteiger partial charge in [0.05, 0.1) is 7.11 Å².